The van der Waals surface area contributed by atoms with Crippen LogP contribution in [0.4, 0.5) is 0 Å². The molecule has 1 rings (SSSR count). The molecule has 6 heteroatoms. The molecule has 1 N–H and O–H groups in total. The molecule has 0 heterocycles. The summed E-state index contributed by atoms with van der Waals surface area (Å²) in [6, 6.07) is 3.80. The van der Waals surface area contributed by atoms with Crippen LogP contribution in [0.1, 0.15) is 5.56 Å². The van der Waals surface area contributed by atoms with Crippen LogP contribution < -0.4 is 29.6 Å². The van der Waals surface area contributed by atoms with Crippen LogP contribution >= 0.6 is 0 Å². The van der Waals surface area contributed by atoms with Crippen molar-refractivity contribution in [2.75, 3.05) is 0 Å². The van der Waals surface area contributed by atoms with Gasteiger partial charge in [-0.05, 0) is 19.1 Å². The van der Waals surface area contributed by atoms with Gasteiger partial charge in [0.25, 0.3) is 0 Å². The molecular formula is C7H7NaO4S. The fourth-order valence-electron chi connectivity index (χ4n) is 0.874. The zero-order valence-corrected chi connectivity index (χ0v) is 10.1. The van der Waals surface area contributed by atoms with E-state index in [-0.39, 0.29) is 45.8 Å². The van der Waals surface area contributed by atoms with Crippen molar-refractivity contribution in [2.24, 2.45) is 0 Å². The first kappa shape index (κ1) is 12.9. The topological polar surface area (TPSA) is 77.4 Å². The van der Waals surface area contributed by atoms with Crippen LogP contribution in [0.2, 0.25) is 0 Å². The second-order valence-corrected chi connectivity index (χ2v) is 3.70. The average molecular weight is 210 g/mol. The second kappa shape index (κ2) is 4.43. The molecule has 1 aromatic rings. The van der Waals surface area contributed by atoms with Crippen molar-refractivity contribution >= 4 is 10.1 Å². The zero-order valence-electron chi connectivity index (χ0n) is 7.31. The summed E-state index contributed by atoms with van der Waals surface area (Å²) >= 11 is 0. The molecule has 66 valence electrons. The third-order valence-electron chi connectivity index (χ3n) is 1.52. The molecule has 0 atom stereocenters. The summed E-state index contributed by atoms with van der Waals surface area (Å²) < 4.78 is 31.6. The molecule has 0 amide bonds. The molecule has 0 bridgehead atoms. The van der Waals surface area contributed by atoms with Crippen LogP contribution in [0.3, 0.4) is 0 Å². The van der Waals surface area contributed by atoms with Gasteiger partial charge in [0.05, 0.1) is 4.90 Å². The summed E-state index contributed by atoms with van der Waals surface area (Å²) in [4.78, 5) is -0.373. The predicted molar refractivity (Wildman–Crippen MR) is 40.8 cm³/mol. The minimum atomic E-state index is -4.47. The van der Waals surface area contributed by atoms with Crippen LogP contribution in [0.15, 0.2) is 23.1 Å². The van der Waals surface area contributed by atoms with E-state index in [0.29, 0.717) is 0 Å². The zero-order chi connectivity index (χ0) is 9.35. The van der Waals surface area contributed by atoms with Gasteiger partial charge >= 0.3 is 29.6 Å². The Bertz CT molecular complexity index is 399. The third kappa shape index (κ3) is 2.96. The fourth-order valence-corrected chi connectivity index (χ4v) is 1.60. The maximum atomic E-state index is 10.5. The maximum absolute atomic E-state index is 10.5. The van der Waals surface area contributed by atoms with Gasteiger partial charge in [0.1, 0.15) is 15.9 Å². The quantitative estimate of drug-likeness (QED) is 0.414. The molecule has 0 spiro atoms. The molecule has 0 unspecified atom stereocenters. The van der Waals surface area contributed by atoms with E-state index in [1.165, 1.54) is 19.1 Å². The number of benzene rings is 1. The standard InChI is InChI=1S/C7H8O4S.Na/c1-5-6(8)3-2-4-7(5)12(9,10)11;/h2-4,8H,1H3,(H,9,10,11);/q;+1/p-1. The molecule has 0 aliphatic heterocycles. The van der Waals surface area contributed by atoms with E-state index in [9.17, 15) is 13.0 Å². The first-order chi connectivity index (χ1) is 5.43. The molecule has 4 nitrogen and oxygen atoms in total. The van der Waals surface area contributed by atoms with Gasteiger partial charge in [0, 0.05) is 5.56 Å². The minimum absolute atomic E-state index is 0. The van der Waals surface area contributed by atoms with Crippen molar-refractivity contribution in [1.29, 1.82) is 0 Å². The Hall–Kier alpha value is -0.0700. The van der Waals surface area contributed by atoms with Gasteiger partial charge < -0.3 is 9.66 Å². The third-order valence-corrected chi connectivity index (χ3v) is 2.51. The number of hydrogen-bond donors (Lipinski definition) is 1. The van der Waals surface area contributed by atoms with E-state index in [1.54, 1.807) is 0 Å². The van der Waals surface area contributed by atoms with Gasteiger partial charge in [-0.3, -0.25) is 0 Å². The molecule has 0 aliphatic rings. The van der Waals surface area contributed by atoms with Crippen molar-refractivity contribution in [3.63, 3.8) is 0 Å². The van der Waals surface area contributed by atoms with Gasteiger partial charge in [-0.15, -0.1) is 0 Å². The van der Waals surface area contributed by atoms with Crippen LogP contribution in [0.5, 0.6) is 5.75 Å². The summed E-state index contributed by atoms with van der Waals surface area (Å²) in [7, 11) is -4.47. The summed E-state index contributed by atoms with van der Waals surface area (Å²) in [5, 5.41) is 9.06. The van der Waals surface area contributed by atoms with Gasteiger partial charge in [-0.1, -0.05) is 6.07 Å². The normalized spacial score (nSPS) is 10.6. The molecule has 13 heavy (non-hydrogen) atoms. The first-order valence-corrected chi connectivity index (χ1v) is 4.58. The summed E-state index contributed by atoms with van der Waals surface area (Å²) in [5.74, 6) is -0.188. The minimum Gasteiger partial charge on any atom is -0.744 e. The molecule has 1 aromatic carbocycles. The summed E-state index contributed by atoms with van der Waals surface area (Å²) in [5.41, 5.74) is 0.0903. The van der Waals surface area contributed by atoms with Crippen molar-refractivity contribution in [3.05, 3.63) is 23.8 Å². The van der Waals surface area contributed by atoms with Crippen LogP contribution in [0, 0.1) is 6.92 Å². The average Bonchev–Trinajstić information content (AvgIpc) is 1.92. The van der Waals surface area contributed by atoms with E-state index in [0.717, 1.165) is 6.07 Å². The number of rotatable bonds is 1. The fraction of sp³-hybridized carbons (Fsp3) is 0.143. The van der Waals surface area contributed by atoms with Gasteiger partial charge in [-0.25, -0.2) is 8.42 Å². The van der Waals surface area contributed by atoms with Crippen molar-refractivity contribution in [3.8, 4) is 5.75 Å². The Labute approximate surface area is 98.6 Å². The number of phenols is 1. The summed E-state index contributed by atoms with van der Waals surface area (Å²) in [6.45, 7) is 1.38. The maximum Gasteiger partial charge on any atom is 1.00 e. The second-order valence-electron chi connectivity index (χ2n) is 2.35. The SMILES string of the molecule is Cc1c(O)cccc1S(=O)(=O)[O-].[Na+]. The molecule has 0 radical (unpaired) electrons. The van der Waals surface area contributed by atoms with Crippen LogP contribution in [-0.4, -0.2) is 18.1 Å². The van der Waals surface area contributed by atoms with E-state index >= 15 is 0 Å². The number of aromatic hydroxyl groups is 1. The molecular weight excluding hydrogens is 203 g/mol. The monoisotopic (exact) mass is 210 g/mol. The van der Waals surface area contributed by atoms with E-state index in [4.69, 9.17) is 5.11 Å². The Morgan fingerprint density at radius 3 is 2.31 bits per heavy atom. The van der Waals surface area contributed by atoms with Crippen molar-refractivity contribution < 1.29 is 47.6 Å². The summed E-state index contributed by atoms with van der Waals surface area (Å²) in [6.07, 6.45) is 0. The molecule has 0 fully saturated rings. The number of phenolic OH excluding ortho intramolecular Hbond substituents is 1. The van der Waals surface area contributed by atoms with Crippen LogP contribution in [0.25, 0.3) is 0 Å². The van der Waals surface area contributed by atoms with E-state index in [2.05, 4.69) is 0 Å². The molecule has 0 aliphatic carbocycles. The Balaban J connectivity index is 0.00000144. The van der Waals surface area contributed by atoms with Gasteiger partial charge in [0.2, 0.25) is 0 Å². The largest absolute Gasteiger partial charge is 1.00 e. The number of hydrogen-bond acceptors (Lipinski definition) is 4. The van der Waals surface area contributed by atoms with Gasteiger partial charge in [0.15, 0.2) is 0 Å². The van der Waals surface area contributed by atoms with Crippen LogP contribution in [-0.2, 0) is 10.1 Å². The van der Waals surface area contributed by atoms with E-state index in [1.807, 2.05) is 0 Å². The molecule has 0 aromatic heterocycles. The van der Waals surface area contributed by atoms with Gasteiger partial charge in [-0.2, -0.15) is 0 Å². The smallest absolute Gasteiger partial charge is 0.744 e. The molecule has 0 saturated heterocycles. The predicted octanol–water partition coefficient (Wildman–Crippen LogP) is -2.39. The Morgan fingerprint density at radius 1 is 1.38 bits per heavy atom. The molecule has 0 saturated carbocycles. The Morgan fingerprint density at radius 2 is 1.92 bits per heavy atom. The van der Waals surface area contributed by atoms with E-state index < -0.39 is 10.1 Å². The van der Waals surface area contributed by atoms with Crippen molar-refractivity contribution in [1.82, 2.24) is 0 Å². The van der Waals surface area contributed by atoms with Crippen molar-refractivity contribution in [2.45, 2.75) is 11.8 Å². The first-order valence-electron chi connectivity index (χ1n) is 3.17. The Kier molecular flexibility index (Phi) is 4.41.